The molecule has 3 aromatic rings. The van der Waals surface area contributed by atoms with Crippen molar-refractivity contribution in [3.8, 4) is 5.75 Å². The van der Waals surface area contributed by atoms with Gasteiger partial charge in [-0.1, -0.05) is 36.4 Å². The van der Waals surface area contributed by atoms with Crippen LogP contribution in [0.5, 0.6) is 5.75 Å². The summed E-state index contributed by atoms with van der Waals surface area (Å²) in [4.78, 5) is 29.5. The first-order valence-corrected chi connectivity index (χ1v) is 9.50. The summed E-state index contributed by atoms with van der Waals surface area (Å²) in [5.41, 5.74) is 1.06. The second kappa shape index (κ2) is 8.13. The lowest BCUT2D eigenvalue weighted by molar-refractivity contribution is -0.128. The molecule has 2 aromatic carbocycles. The monoisotopic (exact) mass is 374 g/mol. The Kier molecular flexibility index (Phi) is 5.24. The first-order valence-electron chi connectivity index (χ1n) is 9.50. The molecule has 1 amide bonds. The highest BCUT2D eigenvalue weighted by molar-refractivity contribution is 5.92. The highest BCUT2D eigenvalue weighted by atomic mass is 16.5. The standard InChI is InChI=1S/C23H22N2O3/c26-22(13-12-18-15-17-7-4-5-11-21(17)24-23(18)27)25-14-6-10-20(16-25)28-19-8-2-1-3-9-19/h1-5,7-9,11-13,15,20H,6,10,14,16H2,(H,24,27)/b13-12+. The van der Waals surface area contributed by atoms with E-state index in [9.17, 15) is 9.59 Å². The molecule has 1 aliphatic rings. The van der Waals surface area contributed by atoms with Crippen LogP contribution in [0.2, 0.25) is 0 Å². The summed E-state index contributed by atoms with van der Waals surface area (Å²) in [6.45, 7) is 1.25. The number of amides is 1. The van der Waals surface area contributed by atoms with Crippen molar-refractivity contribution in [2.45, 2.75) is 18.9 Å². The predicted molar refractivity (Wildman–Crippen MR) is 110 cm³/mol. The molecule has 0 spiro atoms. The number of nitrogens with one attached hydrogen (secondary N) is 1. The fraction of sp³-hybridized carbons (Fsp3) is 0.217. The number of aromatic amines is 1. The minimum Gasteiger partial charge on any atom is -0.489 e. The molecular weight excluding hydrogens is 352 g/mol. The van der Waals surface area contributed by atoms with Crippen molar-refractivity contribution in [3.63, 3.8) is 0 Å². The lowest BCUT2D eigenvalue weighted by Crippen LogP contribution is -2.43. The summed E-state index contributed by atoms with van der Waals surface area (Å²) in [7, 11) is 0. The third-order valence-electron chi connectivity index (χ3n) is 4.92. The number of ether oxygens (including phenoxy) is 1. The molecule has 5 nitrogen and oxygen atoms in total. The van der Waals surface area contributed by atoms with Gasteiger partial charge in [0.2, 0.25) is 5.91 Å². The molecule has 28 heavy (non-hydrogen) atoms. The molecule has 1 unspecified atom stereocenters. The molecule has 1 aliphatic heterocycles. The lowest BCUT2D eigenvalue weighted by Gasteiger charge is -2.32. The Bertz CT molecular complexity index is 1060. The second-order valence-electron chi connectivity index (χ2n) is 6.95. The van der Waals surface area contributed by atoms with Crippen LogP contribution in [0.15, 0.2) is 71.5 Å². The smallest absolute Gasteiger partial charge is 0.255 e. The van der Waals surface area contributed by atoms with Crippen molar-refractivity contribution in [3.05, 3.63) is 82.7 Å². The maximum Gasteiger partial charge on any atom is 0.255 e. The molecule has 1 aromatic heterocycles. The van der Waals surface area contributed by atoms with Gasteiger partial charge in [-0.25, -0.2) is 0 Å². The van der Waals surface area contributed by atoms with Crippen LogP contribution in [0.4, 0.5) is 0 Å². The van der Waals surface area contributed by atoms with Crippen LogP contribution in [0.25, 0.3) is 17.0 Å². The molecule has 142 valence electrons. The number of hydrogen-bond donors (Lipinski definition) is 1. The molecular formula is C23H22N2O3. The van der Waals surface area contributed by atoms with Gasteiger partial charge in [-0.3, -0.25) is 9.59 Å². The van der Waals surface area contributed by atoms with Crippen molar-refractivity contribution >= 4 is 22.9 Å². The molecule has 1 saturated heterocycles. The van der Waals surface area contributed by atoms with E-state index >= 15 is 0 Å². The quantitative estimate of drug-likeness (QED) is 0.710. The Morgan fingerprint density at radius 2 is 1.89 bits per heavy atom. The Morgan fingerprint density at radius 3 is 2.75 bits per heavy atom. The van der Waals surface area contributed by atoms with Crippen LogP contribution in [0.3, 0.4) is 0 Å². The van der Waals surface area contributed by atoms with Crippen LogP contribution < -0.4 is 10.3 Å². The number of nitrogens with zero attached hydrogens (tertiary/aromatic N) is 1. The van der Waals surface area contributed by atoms with Crippen molar-refractivity contribution in [1.82, 2.24) is 9.88 Å². The highest BCUT2D eigenvalue weighted by Crippen LogP contribution is 2.18. The van der Waals surface area contributed by atoms with Gasteiger partial charge in [-0.15, -0.1) is 0 Å². The van der Waals surface area contributed by atoms with E-state index in [4.69, 9.17) is 4.74 Å². The number of pyridine rings is 1. The molecule has 1 fully saturated rings. The minimum absolute atomic E-state index is 0.0161. The molecule has 5 heteroatoms. The average molecular weight is 374 g/mol. The van der Waals surface area contributed by atoms with Crippen LogP contribution in [-0.2, 0) is 4.79 Å². The number of carbonyl (C=O) groups is 1. The average Bonchev–Trinajstić information content (AvgIpc) is 2.73. The number of benzene rings is 2. The van der Waals surface area contributed by atoms with Gasteiger partial charge < -0.3 is 14.6 Å². The summed E-state index contributed by atoms with van der Waals surface area (Å²) in [6, 6.07) is 19.0. The Hall–Kier alpha value is -3.34. The number of likely N-dealkylation sites (tertiary alicyclic amines) is 1. The Morgan fingerprint density at radius 1 is 1.11 bits per heavy atom. The lowest BCUT2D eigenvalue weighted by atomic mass is 10.1. The summed E-state index contributed by atoms with van der Waals surface area (Å²) in [5.74, 6) is 0.717. The van der Waals surface area contributed by atoms with Gasteiger partial charge in [0, 0.05) is 23.7 Å². The first kappa shape index (κ1) is 18.0. The third kappa shape index (κ3) is 4.14. The Balaban J connectivity index is 1.44. The van der Waals surface area contributed by atoms with E-state index in [1.807, 2.05) is 54.6 Å². The summed E-state index contributed by atoms with van der Waals surface area (Å²) < 4.78 is 5.99. The predicted octanol–water partition coefficient (Wildman–Crippen LogP) is 3.61. The van der Waals surface area contributed by atoms with Crippen molar-refractivity contribution < 1.29 is 9.53 Å². The van der Waals surface area contributed by atoms with E-state index in [0.29, 0.717) is 18.7 Å². The largest absolute Gasteiger partial charge is 0.489 e. The third-order valence-corrected chi connectivity index (χ3v) is 4.92. The van der Waals surface area contributed by atoms with Gasteiger partial charge in [0.25, 0.3) is 5.56 Å². The fourth-order valence-corrected chi connectivity index (χ4v) is 3.48. The van der Waals surface area contributed by atoms with E-state index in [1.54, 1.807) is 17.0 Å². The molecule has 0 aliphatic carbocycles. The van der Waals surface area contributed by atoms with Gasteiger partial charge in [-0.05, 0) is 48.6 Å². The van der Waals surface area contributed by atoms with Crippen molar-refractivity contribution in [1.29, 1.82) is 0 Å². The molecule has 0 bridgehead atoms. The maximum atomic E-state index is 12.6. The molecule has 1 N–H and O–H groups in total. The van der Waals surface area contributed by atoms with Gasteiger partial charge in [0.05, 0.1) is 6.54 Å². The van der Waals surface area contributed by atoms with E-state index in [1.165, 1.54) is 6.08 Å². The van der Waals surface area contributed by atoms with Crippen molar-refractivity contribution in [2.75, 3.05) is 13.1 Å². The summed E-state index contributed by atoms with van der Waals surface area (Å²) >= 11 is 0. The molecule has 2 heterocycles. The number of rotatable bonds is 4. The van der Waals surface area contributed by atoms with Crippen LogP contribution in [0, 0.1) is 0 Å². The number of fused-ring (bicyclic) bond motifs is 1. The number of carbonyl (C=O) groups excluding carboxylic acids is 1. The second-order valence-corrected chi connectivity index (χ2v) is 6.95. The zero-order valence-electron chi connectivity index (χ0n) is 15.5. The number of H-pyrrole nitrogens is 1. The molecule has 4 rings (SSSR count). The zero-order chi connectivity index (χ0) is 19.3. The van der Waals surface area contributed by atoms with Gasteiger partial charge in [0.1, 0.15) is 11.9 Å². The topological polar surface area (TPSA) is 62.4 Å². The maximum absolute atomic E-state index is 12.6. The highest BCUT2D eigenvalue weighted by Gasteiger charge is 2.23. The zero-order valence-corrected chi connectivity index (χ0v) is 15.5. The number of para-hydroxylation sites is 2. The van der Waals surface area contributed by atoms with E-state index in [2.05, 4.69) is 4.98 Å². The normalized spacial score (nSPS) is 17.1. The van der Waals surface area contributed by atoms with Crippen molar-refractivity contribution in [2.24, 2.45) is 0 Å². The van der Waals surface area contributed by atoms with E-state index in [-0.39, 0.29) is 17.6 Å². The van der Waals surface area contributed by atoms with Gasteiger partial charge in [0.15, 0.2) is 0 Å². The SMILES string of the molecule is O=C(/C=C/c1cc2ccccc2[nH]c1=O)N1CCCC(Oc2ccccc2)C1. The van der Waals surface area contributed by atoms with Crippen LogP contribution in [0.1, 0.15) is 18.4 Å². The first-order chi connectivity index (χ1) is 13.7. The molecule has 1 atom stereocenters. The van der Waals surface area contributed by atoms with Crippen LogP contribution >= 0.6 is 0 Å². The van der Waals surface area contributed by atoms with E-state index < -0.39 is 0 Å². The van der Waals surface area contributed by atoms with Crippen LogP contribution in [-0.4, -0.2) is 35.0 Å². The molecule has 0 saturated carbocycles. The Labute approximate surface area is 163 Å². The summed E-state index contributed by atoms with van der Waals surface area (Å²) in [5, 5.41) is 0.934. The number of piperidine rings is 1. The van der Waals surface area contributed by atoms with Gasteiger partial charge in [-0.2, -0.15) is 0 Å². The minimum atomic E-state index is -0.202. The number of hydrogen-bond acceptors (Lipinski definition) is 3. The number of aromatic nitrogens is 1. The fourth-order valence-electron chi connectivity index (χ4n) is 3.48. The van der Waals surface area contributed by atoms with Gasteiger partial charge >= 0.3 is 0 Å². The molecule has 0 radical (unpaired) electrons. The van der Waals surface area contributed by atoms with E-state index in [0.717, 1.165) is 29.5 Å². The summed E-state index contributed by atoms with van der Waals surface area (Å²) in [6.07, 6.45) is 4.87.